The zero-order valence-electron chi connectivity index (χ0n) is 12.0. The number of aliphatic hydroxyl groups is 2. The molecule has 0 bridgehead atoms. The van der Waals surface area contributed by atoms with Gasteiger partial charge in [0.25, 0.3) is 0 Å². The third kappa shape index (κ3) is 7.63. The van der Waals surface area contributed by atoms with Crippen LogP contribution < -0.4 is 10.1 Å². The monoisotopic (exact) mass is 294 g/mol. The summed E-state index contributed by atoms with van der Waals surface area (Å²) >= 11 is 0. The van der Waals surface area contributed by atoms with E-state index in [1.54, 1.807) is 24.3 Å². The molecule has 116 valence electrons. The summed E-state index contributed by atoms with van der Waals surface area (Å²) in [7, 11) is 0. The molecule has 0 saturated heterocycles. The Labute approximate surface area is 124 Å². The van der Waals surface area contributed by atoms with Crippen molar-refractivity contribution in [3.05, 3.63) is 29.8 Å². The predicted octanol–water partition coefficient (Wildman–Crippen LogP) is 0.287. The number of rotatable bonds is 11. The molecule has 1 rings (SSSR count). The lowest BCUT2D eigenvalue weighted by Crippen LogP contribution is -2.32. The fourth-order valence-electron chi connectivity index (χ4n) is 1.66. The fourth-order valence-corrected chi connectivity index (χ4v) is 1.66. The molecule has 0 aliphatic carbocycles. The molecular formula is C15H22N2O4. The van der Waals surface area contributed by atoms with Crippen LogP contribution in [0.4, 0.5) is 0 Å². The summed E-state index contributed by atoms with van der Waals surface area (Å²) in [6, 6.07) is 8.97. The van der Waals surface area contributed by atoms with Crippen molar-refractivity contribution in [1.29, 1.82) is 5.26 Å². The van der Waals surface area contributed by atoms with Gasteiger partial charge in [-0.25, -0.2) is 0 Å². The Morgan fingerprint density at radius 2 is 2.10 bits per heavy atom. The Hall–Kier alpha value is -1.65. The summed E-state index contributed by atoms with van der Waals surface area (Å²) in [5.74, 6) is 0.483. The van der Waals surface area contributed by atoms with Crippen LogP contribution in [0.25, 0.3) is 0 Å². The maximum atomic E-state index is 9.78. The number of nitriles is 1. The minimum Gasteiger partial charge on any atom is -0.489 e. The van der Waals surface area contributed by atoms with E-state index in [-0.39, 0.29) is 13.2 Å². The second-order valence-electron chi connectivity index (χ2n) is 4.47. The molecule has 1 atom stereocenters. The summed E-state index contributed by atoms with van der Waals surface area (Å²) in [6.07, 6.45) is 0.167. The lowest BCUT2D eigenvalue weighted by molar-refractivity contribution is 0.0875. The zero-order chi connectivity index (χ0) is 15.3. The molecule has 1 aromatic rings. The van der Waals surface area contributed by atoms with Crippen molar-refractivity contribution >= 4 is 0 Å². The Morgan fingerprint density at radius 1 is 1.29 bits per heavy atom. The van der Waals surface area contributed by atoms with Gasteiger partial charge >= 0.3 is 0 Å². The fraction of sp³-hybridized carbons (Fsp3) is 0.533. The molecule has 0 aromatic heterocycles. The van der Waals surface area contributed by atoms with E-state index >= 15 is 0 Å². The van der Waals surface area contributed by atoms with Crippen LogP contribution in [0.5, 0.6) is 5.75 Å². The first kappa shape index (κ1) is 17.4. The molecule has 0 spiro atoms. The number of nitrogens with one attached hydrogen (secondary N) is 1. The quantitative estimate of drug-likeness (QED) is 0.508. The highest BCUT2D eigenvalue weighted by atomic mass is 16.5. The SMILES string of the molecule is N#Cc1ccccc1OCC(O)CNCCCOCCO. The van der Waals surface area contributed by atoms with E-state index in [2.05, 4.69) is 5.32 Å². The van der Waals surface area contributed by atoms with Gasteiger partial charge in [0.2, 0.25) is 0 Å². The molecule has 0 amide bonds. The van der Waals surface area contributed by atoms with E-state index in [4.69, 9.17) is 19.8 Å². The third-order valence-corrected chi connectivity index (χ3v) is 2.70. The van der Waals surface area contributed by atoms with Gasteiger partial charge in [0.1, 0.15) is 24.5 Å². The summed E-state index contributed by atoms with van der Waals surface area (Å²) in [6.45, 7) is 2.23. The highest BCUT2D eigenvalue weighted by Gasteiger charge is 2.07. The van der Waals surface area contributed by atoms with Crippen LogP contribution in [-0.2, 0) is 4.74 Å². The second-order valence-corrected chi connectivity index (χ2v) is 4.47. The molecular weight excluding hydrogens is 272 g/mol. The van der Waals surface area contributed by atoms with Crippen LogP contribution in [0.3, 0.4) is 0 Å². The molecule has 3 N–H and O–H groups in total. The number of aliphatic hydroxyl groups excluding tert-OH is 2. The average molecular weight is 294 g/mol. The maximum absolute atomic E-state index is 9.78. The molecule has 6 heteroatoms. The number of hydrogen-bond donors (Lipinski definition) is 3. The van der Waals surface area contributed by atoms with Crippen LogP contribution in [-0.4, -0.2) is 55.8 Å². The number of benzene rings is 1. The van der Waals surface area contributed by atoms with Crippen molar-refractivity contribution in [3.8, 4) is 11.8 Å². The van der Waals surface area contributed by atoms with E-state index in [1.807, 2.05) is 6.07 Å². The standard InChI is InChI=1S/C15H22N2O4/c16-10-13-4-1-2-5-15(13)21-12-14(19)11-17-6-3-8-20-9-7-18/h1-2,4-5,14,17-19H,3,6-9,11-12H2. The highest BCUT2D eigenvalue weighted by molar-refractivity contribution is 5.42. The molecule has 1 unspecified atom stereocenters. The van der Waals surface area contributed by atoms with Crippen LogP contribution in [0.15, 0.2) is 24.3 Å². The third-order valence-electron chi connectivity index (χ3n) is 2.70. The largest absolute Gasteiger partial charge is 0.489 e. The average Bonchev–Trinajstić information content (AvgIpc) is 2.52. The summed E-state index contributed by atoms with van der Waals surface area (Å²) < 4.78 is 10.5. The second kappa shape index (κ2) is 11.1. The van der Waals surface area contributed by atoms with Crippen LogP contribution in [0, 0.1) is 11.3 Å². The van der Waals surface area contributed by atoms with Gasteiger partial charge in [0.15, 0.2) is 0 Å². The summed E-state index contributed by atoms with van der Waals surface area (Å²) in [4.78, 5) is 0. The lowest BCUT2D eigenvalue weighted by atomic mass is 10.2. The lowest BCUT2D eigenvalue weighted by Gasteiger charge is -2.14. The molecule has 0 radical (unpaired) electrons. The summed E-state index contributed by atoms with van der Waals surface area (Å²) in [5.41, 5.74) is 0.457. The van der Waals surface area contributed by atoms with E-state index < -0.39 is 6.10 Å². The van der Waals surface area contributed by atoms with Crippen molar-refractivity contribution in [2.45, 2.75) is 12.5 Å². The molecule has 6 nitrogen and oxygen atoms in total. The Balaban J connectivity index is 2.11. The molecule has 0 aliphatic heterocycles. The van der Waals surface area contributed by atoms with Gasteiger partial charge in [0.05, 0.1) is 18.8 Å². The van der Waals surface area contributed by atoms with Crippen LogP contribution in [0.2, 0.25) is 0 Å². The molecule has 0 aliphatic rings. The minimum absolute atomic E-state index is 0.0354. The van der Waals surface area contributed by atoms with Gasteiger partial charge in [-0.2, -0.15) is 5.26 Å². The van der Waals surface area contributed by atoms with Crippen LogP contribution in [0.1, 0.15) is 12.0 Å². The Morgan fingerprint density at radius 3 is 2.86 bits per heavy atom. The number of ether oxygens (including phenoxy) is 2. The number of nitrogens with zero attached hydrogens (tertiary/aromatic N) is 1. The highest BCUT2D eigenvalue weighted by Crippen LogP contribution is 2.16. The van der Waals surface area contributed by atoms with Crippen molar-refractivity contribution in [3.63, 3.8) is 0 Å². The molecule has 21 heavy (non-hydrogen) atoms. The van der Waals surface area contributed by atoms with Gasteiger partial charge in [-0.1, -0.05) is 12.1 Å². The van der Waals surface area contributed by atoms with Gasteiger partial charge in [-0.3, -0.25) is 0 Å². The van der Waals surface area contributed by atoms with Crippen molar-refractivity contribution in [1.82, 2.24) is 5.32 Å². The predicted molar refractivity (Wildman–Crippen MR) is 78.1 cm³/mol. The first-order valence-electron chi connectivity index (χ1n) is 6.97. The van der Waals surface area contributed by atoms with Crippen molar-refractivity contribution in [2.75, 3.05) is 39.5 Å². The van der Waals surface area contributed by atoms with Crippen molar-refractivity contribution < 1.29 is 19.7 Å². The Kier molecular flexibility index (Phi) is 9.16. The molecule has 1 aromatic carbocycles. The number of hydrogen-bond acceptors (Lipinski definition) is 6. The van der Waals surface area contributed by atoms with Gasteiger partial charge < -0.3 is 25.0 Å². The van der Waals surface area contributed by atoms with E-state index in [9.17, 15) is 5.11 Å². The molecule has 0 fully saturated rings. The van der Waals surface area contributed by atoms with E-state index in [0.717, 1.165) is 13.0 Å². The first-order valence-corrected chi connectivity index (χ1v) is 6.97. The molecule has 0 heterocycles. The first-order chi connectivity index (χ1) is 10.3. The van der Waals surface area contributed by atoms with E-state index in [0.29, 0.717) is 31.1 Å². The summed E-state index contributed by atoms with van der Waals surface area (Å²) in [5, 5.41) is 30.3. The normalized spacial score (nSPS) is 11.9. The molecule has 0 saturated carbocycles. The van der Waals surface area contributed by atoms with E-state index in [1.165, 1.54) is 0 Å². The van der Waals surface area contributed by atoms with Crippen LogP contribution >= 0.6 is 0 Å². The van der Waals surface area contributed by atoms with Gasteiger partial charge in [-0.05, 0) is 25.1 Å². The smallest absolute Gasteiger partial charge is 0.137 e. The topological polar surface area (TPSA) is 94.7 Å². The Bertz CT molecular complexity index is 434. The van der Waals surface area contributed by atoms with Gasteiger partial charge in [-0.15, -0.1) is 0 Å². The zero-order valence-corrected chi connectivity index (χ0v) is 12.0. The maximum Gasteiger partial charge on any atom is 0.137 e. The number of para-hydroxylation sites is 1. The van der Waals surface area contributed by atoms with Crippen molar-refractivity contribution in [2.24, 2.45) is 0 Å². The van der Waals surface area contributed by atoms with Gasteiger partial charge in [0, 0.05) is 13.2 Å². The minimum atomic E-state index is -0.643.